The second-order valence-electron chi connectivity index (χ2n) is 6.93. The van der Waals surface area contributed by atoms with Gasteiger partial charge in [-0.25, -0.2) is 0 Å². The number of hydrogen-bond donors (Lipinski definition) is 2. The summed E-state index contributed by atoms with van der Waals surface area (Å²) in [5.74, 6) is -0.180. The number of benzene rings is 3. The summed E-state index contributed by atoms with van der Waals surface area (Å²) in [4.78, 5) is 12.5. The third kappa shape index (κ3) is 5.49. The lowest BCUT2D eigenvalue weighted by atomic mass is 10.1. The van der Waals surface area contributed by atoms with Crippen LogP contribution in [0.2, 0.25) is 5.02 Å². The molecule has 6 nitrogen and oxygen atoms in total. The molecule has 3 aromatic carbocycles. The summed E-state index contributed by atoms with van der Waals surface area (Å²) >= 11 is 6.04. The average Bonchev–Trinajstić information content (AvgIpc) is 3.30. The van der Waals surface area contributed by atoms with Gasteiger partial charge in [-0.3, -0.25) is 4.79 Å². The Labute approximate surface area is 185 Å². The Balaban J connectivity index is 1.48. The maximum absolute atomic E-state index is 12.5. The van der Waals surface area contributed by atoms with Gasteiger partial charge in [0.15, 0.2) is 0 Å². The van der Waals surface area contributed by atoms with Gasteiger partial charge in [-0.05, 0) is 41.8 Å². The number of amides is 1. The van der Waals surface area contributed by atoms with Crippen molar-refractivity contribution in [2.75, 3.05) is 11.9 Å². The quantitative estimate of drug-likeness (QED) is 0.414. The second kappa shape index (κ2) is 9.91. The number of aromatic nitrogens is 2. The number of nitrogens with one attached hydrogen (secondary N) is 2. The summed E-state index contributed by atoms with van der Waals surface area (Å²) in [7, 11) is 0. The number of carbonyl (C=O) groups excluding carboxylic acids is 1. The highest BCUT2D eigenvalue weighted by atomic mass is 35.5. The van der Waals surface area contributed by atoms with E-state index in [4.69, 9.17) is 16.0 Å². The molecule has 0 saturated heterocycles. The van der Waals surface area contributed by atoms with Crippen LogP contribution in [0.1, 0.15) is 33.7 Å². The molecule has 7 heteroatoms. The summed E-state index contributed by atoms with van der Waals surface area (Å²) in [5.41, 5.74) is 2.91. The molecule has 0 aliphatic rings. The standard InChI is InChI=1S/C24H21ClN4O2/c25-19-13-11-18(12-14-19)21(27-20-9-5-2-6-10-20)23-28-29-24(31-23)22(30)26-16-15-17-7-3-1-4-8-17/h1-14,21,27H,15-16H2,(H,26,30)/t21-/m1/s1. The minimum absolute atomic E-state index is 0.0723. The Morgan fingerprint density at radius 1 is 0.903 bits per heavy atom. The lowest BCUT2D eigenvalue weighted by Gasteiger charge is -2.17. The van der Waals surface area contributed by atoms with Crippen LogP contribution in [0.3, 0.4) is 0 Å². The van der Waals surface area contributed by atoms with Crippen LogP contribution in [0.4, 0.5) is 5.69 Å². The topological polar surface area (TPSA) is 80.0 Å². The van der Waals surface area contributed by atoms with Crippen LogP contribution in [-0.4, -0.2) is 22.6 Å². The molecular formula is C24H21ClN4O2. The molecule has 31 heavy (non-hydrogen) atoms. The van der Waals surface area contributed by atoms with Crippen LogP contribution < -0.4 is 10.6 Å². The fourth-order valence-electron chi connectivity index (χ4n) is 3.13. The number of halogens is 1. The third-order valence-corrected chi connectivity index (χ3v) is 4.96. The van der Waals surface area contributed by atoms with Gasteiger partial charge in [-0.2, -0.15) is 0 Å². The predicted molar refractivity (Wildman–Crippen MR) is 120 cm³/mol. The van der Waals surface area contributed by atoms with E-state index in [1.165, 1.54) is 0 Å². The summed E-state index contributed by atoms with van der Waals surface area (Å²) in [5, 5.41) is 14.9. The Morgan fingerprint density at radius 3 is 2.29 bits per heavy atom. The molecule has 0 unspecified atom stereocenters. The van der Waals surface area contributed by atoms with E-state index < -0.39 is 11.9 Å². The molecule has 1 heterocycles. The van der Waals surface area contributed by atoms with Gasteiger partial charge in [0, 0.05) is 17.3 Å². The molecule has 1 amide bonds. The van der Waals surface area contributed by atoms with Crippen molar-refractivity contribution < 1.29 is 9.21 Å². The van der Waals surface area contributed by atoms with E-state index in [1.54, 1.807) is 12.1 Å². The summed E-state index contributed by atoms with van der Waals surface area (Å²) in [6.07, 6.45) is 0.719. The Hall–Kier alpha value is -3.64. The average molecular weight is 433 g/mol. The van der Waals surface area contributed by atoms with Crippen LogP contribution in [0, 0.1) is 0 Å². The molecule has 0 bridgehead atoms. The van der Waals surface area contributed by atoms with Gasteiger partial charge < -0.3 is 15.1 Å². The van der Waals surface area contributed by atoms with E-state index in [2.05, 4.69) is 20.8 Å². The number of carbonyl (C=O) groups is 1. The SMILES string of the molecule is O=C(NCCc1ccccc1)c1nnc([C@H](Nc2ccccc2)c2ccc(Cl)cc2)o1. The molecule has 4 rings (SSSR count). The molecule has 4 aromatic rings. The molecule has 1 atom stereocenters. The van der Waals surface area contributed by atoms with Crippen molar-refractivity contribution in [1.29, 1.82) is 0 Å². The van der Waals surface area contributed by atoms with Crippen LogP contribution in [0.25, 0.3) is 0 Å². The van der Waals surface area contributed by atoms with E-state index >= 15 is 0 Å². The number of anilines is 1. The zero-order valence-electron chi connectivity index (χ0n) is 16.7. The minimum atomic E-state index is -0.432. The third-order valence-electron chi connectivity index (χ3n) is 4.71. The van der Waals surface area contributed by atoms with Crippen molar-refractivity contribution in [2.45, 2.75) is 12.5 Å². The van der Waals surface area contributed by atoms with E-state index in [1.807, 2.05) is 72.8 Å². The van der Waals surface area contributed by atoms with Gasteiger partial charge in [0.2, 0.25) is 5.89 Å². The molecule has 0 aliphatic carbocycles. The van der Waals surface area contributed by atoms with Crippen molar-refractivity contribution in [3.05, 3.63) is 113 Å². The van der Waals surface area contributed by atoms with Gasteiger partial charge in [-0.1, -0.05) is 72.3 Å². The summed E-state index contributed by atoms with van der Waals surface area (Å²) < 4.78 is 5.74. The first-order chi connectivity index (χ1) is 15.2. The maximum atomic E-state index is 12.5. The van der Waals surface area contributed by atoms with Crippen molar-refractivity contribution >= 4 is 23.2 Å². The van der Waals surface area contributed by atoms with Gasteiger partial charge >= 0.3 is 11.8 Å². The number of rotatable bonds is 8. The lowest BCUT2D eigenvalue weighted by Crippen LogP contribution is -2.26. The highest BCUT2D eigenvalue weighted by molar-refractivity contribution is 6.30. The zero-order chi connectivity index (χ0) is 21.5. The first-order valence-corrected chi connectivity index (χ1v) is 10.3. The number of hydrogen-bond acceptors (Lipinski definition) is 5. The van der Waals surface area contributed by atoms with Crippen molar-refractivity contribution in [2.24, 2.45) is 0 Å². The van der Waals surface area contributed by atoms with Crippen molar-refractivity contribution in [1.82, 2.24) is 15.5 Å². The van der Waals surface area contributed by atoms with Gasteiger partial charge in [-0.15, -0.1) is 10.2 Å². The van der Waals surface area contributed by atoms with Crippen LogP contribution in [-0.2, 0) is 6.42 Å². The first kappa shape index (κ1) is 20.6. The van der Waals surface area contributed by atoms with Gasteiger partial charge in [0.05, 0.1) is 0 Å². The van der Waals surface area contributed by atoms with E-state index in [9.17, 15) is 4.79 Å². The molecule has 0 spiro atoms. The second-order valence-corrected chi connectivity index (χ2v) is 7.37. The smallest absolute Gasteiger partial charge is 0.308 e. The van der Waals surface area contributed by atoms with Crippen LogP contribution in [0.5, 0.6) is 0 Å². The fourth-order valence-corrected chi connectivity index (χ4v) is 3.25. The van der Waals surface area contributed by atoms with E-state index in [-0.39, 0.29) is 5.89 Å². The molecule has 156 valence electrons. The zero-order valence-corrected chi connectivity index (χ0v) is 17.4. The monoisotopic (exact) mass is 432 g/mol. The van der Waals surface area contributed by atoms with Gasteiger partial charge in [0.25, 0.3) is 0 Å². The number of nitrogens with zero attached hydrogens (tertiary/aromatic N) is 2. The Kier molecular flexibility index (Phi) is 6.59. The molecule has 0 radical (unpaired) electrons. The largest absolute Gasteiger partial charge is 0.414 e. The predicted octanol–water partition coefficient (Wildman–Crippen LogP) is 4.90. The molecular weight excluding hydrogens is 412 g/mol. The summed E-state index contributed by atoms with van der Waals surface area (Å²) in [6.45, 7) is 0.476. The number of para-hydroxylation sites is 1. The minimum Gasteiger partial charge on any atom is -0.414 e. The molecule has 0 fully saturated rings. The van der Waals surface area contributed by atoms with Crippen molar-refractivity contribution in [3.63, 3.8) is 0 Å². The Bertz CT molecular complexity index is 1120. The van der Waals surface area contributed by atoms with Crippen LogP contribution in [0.15, 0.2) is 89.3 Å². The van der Waals surface area contributed by atoms with E-state index in [0.717, 1.165) is 23.2 Å². The maximum Gasteiger partial charge on any atom is 0.308 e. The van der Waals surface area contributed by atoms with Crippen LogP contribution >= 0.6 is 11.6 Å². The fraction of sp³-hybridized carbons (Fsp3) is 0.125. The van der Waals surface area contributed by atoms with Crippen molar-refractivity contribution in [3.8, 4) is 0 Å². The normalized spacial score (nSPS) is 11.6. The highest BCUT2D eigenvalue weighted by Crippen LogP contribution is 2.27. The first-order valence-electron chi connectivity index (χ1n) is 9.91. The molecule has 0 aliphatic heterocycles. The summed E-state index contributed by atoms with van der Waals surface area (Å²) in [6, 6.07) is 26.5. The molecule has 1 aromatic heterocycles. The lowest BCUT2D eigenvalue weighted by molar-refractivity contribution is 0.0917. The van der Waals surface area contributed by atoms with E-state index in [0.29, 0.717) is 17.5 Å². The Morgan fingerprint density at radius 2 is 1.58 bits per heavy atom. The molecule has 0 saturated carbocycles. The van der Waals surface area contributed by atoms with Gasteiger partial charge in [0.1, 0.15) is 6.04 Å². The molecule has 2 N–H and O–H groups in total. The highest BCUT2D eigenvalue weighted by Gasteiger charge is 2.23.